The van der Waals surface area contributed by atoms with Crippen LogP contribution in [0, 0.1) is 28.6 Å². The highest BCUT2D eigenvalue weighted by atomic mass is 35.5. The number of halogens is 2. The molecule has 0 radical (unpaired) electrons. The molecule has 4 aliphatic rings. The summed E-state index contributed by atoms with van der Waals surface area (Å²) in [6, 6.07) is 3.07. The van der Waals surface area contributed by atoms with Crippen LogP contribution >= 0.6 is 23.2 Å². The molecule has 5 rings (SSSR count). The van der Waals surface area contributed by atoms with Gasteiger partial charge in [0.15, 0.2) is 17.2 Å². The van der Waals surface area contributed by atoms with Crippen molar-refractivity contribution < 1.29 is 28.6 Å². The summed E-state index contributed by atoms with van der Waals surface area (Å²) in [6.45, 7) is 5.80. The Morgan fingerprint density at radius 3 is 2.69 bits per heavy atom. The van der Waals surface area contributed by atoms with Crippen molar-refractivity contribution in [3.63, 3.8) is 0 Å². The molecule has 0 spiro atoms. The fourth-order valence-electron chi connectivity index (χ4n) is 8.00. The average molecular weight is 521 g/mol. The van der Waals surface area contributed by atoms with Gasteiger partial charge < -0.3 is 14.3 Å². The minimum atomic E-state index is -1.54. The monoisotopic (exact) mass is 520 g/mol. The summed E-state index contributed by atoms with van der Waals surface area (Å²) in [6.07, 6.45) is 7.42. The maximum Gasteiger partial charge on any atom is 0.375 e. The van der Waals surface area contributed by atoms with Crippen molar-refractivity contribution in [2.45, 2.75) is 63.0 Å². The molecular formula is C27H30Cl2O6. The van der Waals surface area contributed by atoms with E-state index < -0.39 is 33.4 Å². The van der Waals surface area contributed by atoms with E-state index in [1.165, 1.54) is 12.3 Å². The summed E-state index contributed by atoms with van der Waals surface area (Å²) in [5, 5.41) is 11.8. The molecule has 1 aromatic rings. The number of fused-ring (bicyclic) bond motifs is 5. The highest BCUT2D eigenvalue weighted by Crippen LogP contribution is 2.71. The van der Waals surface area contributed by atoms with E-state index in [1.807, 2.05) is 26.8 Å². The Hall–Kier alpha value is -1.89. The molecule has 0 bridgehead atoms. The molecule has 35 heavy (non-hydrogen) atoms. The Labute approximate surface area is 214 Å². The molecule has 2 unspecified atom stereocenters. The second kappa shape index (κ2) is 8.06. The molecule has 4 aliphatic carbocycles. The number of rotatable bonds is 4. The SMILES string of the molecule is C[C@@H]1CC2C3CC=C4CC(=O)C=C[C@]4(C)[C@@]3(Cl)[C@@H](O)C[C@]2(C)[C@@]1(OC(=O)c1ccco1)C(=O)CCl. The van der Waals surface area contributed by atoms with Gasteiger partial charge in [0.25, 0.3) is 0 Å². The molecule has 0 aliphatic heterocycles. The van der Waals surface area contributed by atoms with E-state index in [4.69, 9.17) is 32.4 Å². The fraction of sp³-hybridized carbons (Fsp3) is 0.593. The minimum absolute atomic E-state index is 0.00353. The Bertz CT molecular complexity index is 1140. The molecule has 0 saturated heterocycles. The predicted octanol–water partition coefficient (Wildman–Crippen LogP) is 4.87. The standard InChI is InChI=1S/C27H30Cl2O6/c1-15-11-19-18-7-6-16-12-17(30)8-9-24(16,2)26(18,29)21(31)13-25(19,3)27(15,22(32)14-28)35-23(33)20-5-4-10-34-20/h4-6,8-10,15,18-19,21,31H,7,11-14H2,1-3H3/t15-,18?,19?,21+,24+,25+,26+,27+/m1/s1. The fourth-order valence-corrected chi connectivity index (χ4v) is 8.70. The number of ketones is 2. The molecular weight excluding hydrogens is 491 g/mol. The summed E-state index contributed by atoms with van der Waals surface area (Å²) < 4.78 is 11.3. The number of allylic oxidation sites excluding steroid dienone is 4. The largest absolute Gasteiger partial charge is 0.457 e. The van der Waals surface area contributed by atoms with Gasteiger partial charge in [0.2, 0.25) is 5.76 Å². The summed E-state index contributed by atoms with van der Waals surface area (Å²) in [5.41, 5.74) is -2.22. The average Bonchev–Trinajstić information content (AvgIpc) is 3.42. The second-order valence-corrected chi connectivity index (χ2v) is 12.0. The number of hydrogen-bond donors (Lipinski definition) is 1. The van der Waals surface area contributed by atoms with E-state index in [2.05, 4.69) is 6.08 Å². The van der Waals surface area contributed by atoms with E-state index in [1.54, 1.807) is 12.1 Å². The second-order valence-electron chi connectivity index (χ2n) is 11.1. The Morgan fingerprint density at radius 2 is 2.03 bits per heavy atom. The molecule has 2 fully saturated rings. The van der Waals surface area contributed by atoms with E-state index in [-0.39, 0.29) is 53.8 Å². The van der Waals surface area contributed by atoms with Gasteiger partial charge in [-0.1, -0.05) is 38.5 Å². The smallest absolute Gasteiger partial charge is 0.375 e. The Balaban J connectivity index is 1.62. The summed E-state index contributed by atoms with van der Waals surface area (Å²) in [7, 11) is 0. The van der Waals surface area contributed by atoms with Crippen molar-refractivity contribution in [1.82, 2.24) is 0 Å². The first-order valence-electron chi connectivity index (χ1n) is 12.1. The zero-order valence-corrected chi connectivity index (χ0v) is 21.6. The summed E-state index contributed by atoms with van der Waals surface area (Å²) in [4.78, 5) is 37.7. The van der Waals surface area contributed by atoms with Crippen LogP contribution < -0.4 is 0 Å². The number of hydrogen-bond acceptors (Lipinski definition) is 6. The number of Topliss-reactive ketones (excluding diaryl/α,β-unsaturated/α-hetero) is 1. The maximum atomic E-state index is 13.6. The van der Waals surface area contributed by atoms with Gasteiger partial charge >= 0.3 is 5.97 Å². The molecule has 0 amide bonds. The number of furan rings is 1. The van der Waals surface area contributed by atoms with Crippen LogP contribution in [0.1, 0.15) is 57.0 Å². The van der Waals surface area contributed by atoms with Gasteiger partial charge in [0.05, 0.1) is 23.1 Å². The zero-order chi connectivity index (χ0) is 25.4. The van der Waals surface area contributed by atoms with Gasteiger partial charge in [-0.05, 0) is 49.3 Å². The lowest BCUT2D eigenvalue weighted by Gasteiger charge is -2.63. The minimum Gasteiger partial charge on any atom is -0.457 e. The van der Waals surface area contributed by atoms with Gasteiger partial charge in [0.1, 0.15) is 0 Å². The molecule has 188 valence electrons. The predicted molar refractivity (Wildman–Crippen MR) is 130 cm³/mol. The first-order chi connectivity index (χ1) is 16.5. The number of carbonyl (C=O) groups excluding carboxylic acids is 3. The van der Waals surface area contributed by atoms with E-state index in [0.29, 0.717) is 12.8 Å². The molecule has 1 aromatic heterocycles. The summed E-state index contributed by atoms with van der Waals surface area (Å²) in [5.74, 6) is -2.10. The number of aliphatic hydroxyl groups excluding tert-OH is 1. The molecule has 8 heteroatoms. The van der Waals surface area contributed by atoms with Gasteiger partial charge in [-0.15, -0.1) is 23.2 Å². The molecule has 8 atom stereocenters. The van der Waals surface area contributed by atoms with Gasteiger partial charge in [-0.25, -0.2) is 4.79 Å². The van der Waals surface area contributed by atoms with Gasteiger partial charge in [-0.3, -0.25) is 9.59 Å². The van der Waals surface area contributed by atoms with Gasteiger partial charge in [0, 0.05) is 23.2 Å². The third kappa shape index (κ3) is 3.02. The van der Waals surface area contributed by atoms with Crippen molar-refractivity contribution in [2.75, 3.05) is 5.88 Å². The number of ether oxygens (including phenoxy) is 1. The van der Waals surface area contributed by atoms with Crippen LogP contribution in [0.25, 0.3) is 0 Å². The number of esters is 1. The van der Waals surface area contributed by atoms with E-state index >= 15 is 0 Å². The Kier molecular flexibility index (Phi) is 5.71. The lowest BCUT2D eigenvalue weighted by Crippen LogP contribution is -2.69. The zero-order valence-electron chi connectivity index (χ0n) is 20.1. The lowest BCUT2D eigenvalue weighted by atomic mass is 9.46. The quantitative estimate of drug-likeness (QED) is 0.345. The third-order valence-corrected chi connectivity index (χ3v) is 10.8. The highest BCUT2D eigenvalue weighted by molar-refractivity contribution is 6.29. The van der Waals surface area contributed by atoms with E-state index in [9.17, 15) is 19.5 Å². The van der Waals surface area contributed by atoms with Crippen molar-refractivity contribution in [3.8, 4) is 0 Å². The normalized spacial score (nSPS) is 44.2. The van der Waals surface area contributed by atoms with Crippen molar-refractivity contribution in [3.05, 3.63) is 48.0 Å². The van der Waals surface area contributed by atoms with Crippen LogP contribution in [-0.4, -0.2) is 45.1 Å². The van der Waals surface area contributed by atoms with Crippen LogP contribution in [0.5, 0.6) is 0 Å². The highest BCUT2D eigenvalue weighted by Gasteiger charge is 2.76. The maximum absolute atomic E-state index is 13.6. The van der Waals surface area contributed by atoms with Crippen molar-refractivity contribution in [1.29, 1.82) is 0 Å². The Morgan fingerprint density at radius 1 is 1.29 bits per heavy atom. The van der Waals surface area contributed by atoms with E-state index in [0.717, 1.165) is 5.57 Å². The van der Waals surface area contributed by atoms with Crippen molar-refractivity contribution in [2.24, 2.45) is 28.6 Å². The first-order valence-corrected chi connectivity index (χ1v) is 13.0. The van der Waals surface area contributed by atoms with Crippen LogP contribution in [-0.2, 0) is 14.3 Å². The molecule has 6 nitrogen and oxygen atoms in total. The van der Waals surface area contributed by atoms with Crippen LogP contribution in [0.2, 0.25) is 0 Å². The lowest BCUT2D eigenvalue weighted by molar-refractivity contribution is -0.175. The topological polar surface area (TPSA) is 93.8 Å². The molecule has 1 heterocycles. The van der Waals surface area contributed by atoms with Crippen LogP contribution in [0.4, 0.5) is 0 Å². The first kappa shape index (κ1) is 24.8. The van der Waals surface area contributed by atoms with Crippen molar-refractivity contribution >= 4 is 40.7 Å². The van der Waals surface area contributed by atoms with Crippen LogP contribution in [0.3, 0.4) is 0 Å². The third-order valence-electron chi connectivity index (χ3n) is 9.66. The summed E-state index contributed by atoms with van der Waals surface area (Å²) >= 11 is 13.6. The number of carbonyl (C=O) groups is 3. The molecule has 0 aromatic carbocycles. The molecule has 2 saturated carbocycles. The van der Waals surface area contributed by atoms with Gasteiger partial charge in [-0.2, -0.15) is 0 Å². The number of aliphatic hydroxyl groups is 1. The number of alkyl halides is 2. The molecule has 1 N–H and O–H groups in total. The van der Waals surface area contributed by atoms with Crippen LogP contribution in [0.15, 0.2) is 46.6 Å².